The number of sulfonamides is 1. The van der Waals surface area contributed by atoms with Crippen LogP contribution in [0, 0.1) is 13.8 Å². The SMILES string of the molecule is Cc1ccc(OCC(=O)NCCN(c2cccc(C)c2)S(C)(=O)=O)cc1. The first-order valence-corrected chi connectivity index (χ1v) is 10.1. The zero-order valence-electron chi connectivity index (χ0n) is 15.2. The monoisotopic (exact) mass is 376 g/mol. The molecule has 0 bridgehead atoms. The number of nitrogens with zero attached hydrogens (tertiary/aromatic N) is 1. The molecule has 7 heteroatoms. The van der Waals surface area contributed by atoms with Crippen LogP contribution in [0.25, 0.3) is 0 Å². The normalized spacial score (nSPS) is 11.0. The number of benzene rings is 2. The third-order valence-corrected chi connectivity index (χ3v) is 4.91. The van der Waals surface area contributed by atoms with E-state index in [9.17, 15) is 13.2 Å². The second-order valence-corrected chi connectivity index (χ2v) is 8.03. The number of carbonyl (C=O) groups excluding carboxylic acids is 1. The van der Waals surface area contributed by atoms with Crippen molar-refractivity contribution < 1.29 is 17.9 Å². The summed E-state index contributed by atoms with van der Waals surface area (Å²) in [5.74, 6) is 0.312. The van der Waals surface area contributed by atoms with Gasteiger partial charge in [-0.3, -0.25) is 9.10 Å². The van der Waals surface area contributed by atoms with Crippen LogP contribution < -0.4 is 14.4 Å². The highest BCUT2D eigenvalue weighted by atomic mass is 32.2. The highest BCUT2D eigenvalue weighted by Crippen LogP contribution is 2.18. The standard InChI is InChI=1S/C19H24N2O4S/c1-15-7-9-18(10-8-15)25-14-19(22)20-11-12-21(26(3,23)24)17-6-4-5-16(2)13-17/h4-10,13H,11-12,14H2,1-3H3,(H,20,22). The van der Waals surface area contributed by atoms with Gasteiger partial charge in [-0.15, -0.1) is 0 Å². The maximum Gasteiger partial charge on any atom is 0.258 e. The van der Waals surface area contributed by atoms with Gasteiger partial charge < -0.3 is 10.1 Å². The number of hydrogen-bond acceptors (Lipinski definition) is 4. The van der Waals surface area contributed by atoms with E-state index in [2.05, 4.69) is 5.32 Å². The molecule has 0 aromatic heterocycles. The van der Waals surface area contributed by atoms with Crippen LogP contribution in [0.5, 0.6) is 5.75 Å². The van der Waals surface area contributed by atoms with Crippen molar-refractivity contribution in [1.29, 1.82) is 0 Å². The Kier molecular flexibility index (Phi) is 6.63. The van der Waals surface area contributed by atoms with Crippen LogP contribution in [-0.2, 0) is 14.8 Å². The Morgan fingerprint density at radius 2 is 1.77 bits per heavy atom. The average molecular weight is 376 g/mol. The van der Waals surface area contributed by atoms with Gasteiger partial charge in [0.2, 0.25) is 10.0 Å². The van der Waals surface area contributed by atoms with Gasteiger partial charge in [-0.25, -0.2) is 8.42 Å². The van der Waals surface area contributed by atoms with E-state index >= 15 is 0 Å². The number of aryl methyl sites for hydroxylation is 2. The summed E-state index contributed by atoms with van der Waals surface area (Å²) in [6.45, 7) is 4.09. The number of anilines is 1. The number of ether oxygens (including phenoxy) is 1. The molecule has 1 amide bonds. The van der Waals surface area contributed by atoms with Crippen molar-refractivity contribution in [2.45, 2.75) is 13.8 Å². The quantitative estimate of drug-likeness (QED) is 0.767. The number of nitrogens with one attached hydrogen (secondary N) is 1. The largest absolute Gasteiger partial charge is 0.484 e. The van der Waals surface area contributed by atoms with Gasteiger partial charge in [0, 0.05) is 6.54 Å². The van der Waals surface area contributed by atoms with Crippen molar-refractivity contribution in [2.75, 3.05) is 30.3 Å². The summed E-state index contributed by atoms with van der Waals surface area (Å²) in [4.78, 5) is 11.9. The Labute approximate surface area is 154 Å². The lowest BCUT2D eigenvalue weighted by atomic mass is 10.2. The number of rotatable bonds is 8. The van der Waals surface area contributed by atoms with Crippen molar-refractivity contribution in [3.63, 3.8) is 0 Å². The number of amides is 1. The van der Waals surface area contributed by atoms with Gasteiger partial charge >= 0.3 is 0 Å². The summed E-state index contributed by atoms with van der Waals surface area (Å²) in [7, 11) is -3.44. The second kappa shape index (κ2) is 8.71. The van der Waals surface area contributed by atoms with Gasteiger partial charge in [0.05, 0.1) is 18.5 Å². The van der Waals surface area contributed by atoms with E-state index in [0.29, 0.717) is 11.4 Å². The summed E-state index contributed by atoms with van der Waals surface area (Å²) >= 11 is 0. The molecule has 0 saturated carbocycles. The molecule has 0 atom stereocenters. The third-order valence-electron chi connectivity index (χ3n) is 3.72. The minimum absolute atomic E-state index is 0.119. The Balaban J connectivity index is 1.87. The zero-order valence-corrected chi connectivity index (χ0v) is 16.0. The first kappa shape index (κ1) is 19.8. The van der Waals surface area contributed by atoms with E-state index in [1.807, 2.05) is 32.0 Å². The fourth-order valence-corrected chi connectivity index (χ4v) is 3.32. The summed E-state index contributed by atoms with van der Waals surface area (Å²) in [5.41, 5.74) is 2.66. The Morgan fingerprint density at radius 1 is 1.08 bits per heavy atom. The Bertz CT molecular complexity index is 848. The molecule has 140 valence electrons. The van der Waals surface area contributed by atoms with E-state index in [0.717, 1.165) is 17.4 Å². The van der Waals surface area contributed by atoms with Crippen molar-refractivity contribution >= 4 is 21.6 Å². The van der Waals surface area contributed by atoms with Crippen LogP contribution in [-0.4, -0.2) is 40.3 Å². The van der Waals surface area contributed by atoms with E-state index in [4.69, 9.17) is 4.74 Å². The minimum Gasteiger partial charge on any atom is -0.484 e. The van der Waals surface area contributed by atoms with Gasteiger partial charge in [-0.05, 0) is 43.7 Å². The lowest BCUT2D eigenvalue weighted by Crippen LogP contribution is -2.39. The third kappa shape index (κ3) is 6.07. The van der Waals surface area contributed by atoms with Gasteiger partial charge in [-0.1, -0.05) is 29.8 Å². The van der Waals surface area contributed by atoms with Crippen LogP contribution >= 0.6 is 0 Å². The maximum atomic E-state index is 12.0. The van der Waals surface area contributed by atoms with E-state index in [1.54, 1.807) is 30.3 Å². The lowest BCUT2D eigenvalue weighted by Gasteiger charge is -2.23. The molecule has 0 saturated heterocycles. The van der Waals surface area contributed by atoms with Crippen molar-refractivity contribution in [3.05, 3.63) is 59.7 Å². The lowest BCUT2D eigenvalue weighted by molar-refractivity contribution is -0.123. The molecular weight excluding hydrogens is 352 g/mol. The predicted octanol–water partition coefficient (Wildman–Crippen LogP) is 2.26. The average Bonchev–Trinajstić information content (AvgIpc) is 2.57. The minimum atomic E-state index is -3.44. The molecule has 0 fully saturated rings. The van der Waals surface area contributed by atoms with Gasteiger partial charge in [0.25, 0.3) is 5.91 Å². The fraction of sp³-hybridized carbons (Fsp3) is 0.316. The molecule has 0 aliphatic carbocycles. The molecule has 6 nitrogen and oxygen atoms in total. The second-order valence-electron chi connectivity index (χ2n) is 6.13. The molecule has 0 aliphatic rings. The van der Waals surface area contributed by atoms with Crippen LogP contribution in [0.15, 0.2) is 48.5 Å². The number of hydrogen-bond donors (Lipinski definition) is 1. The summed E-state index contributed by atoms with van der Waals surface area (Å²) in [5, 5.41) is 2.68. The molecule has 1 N–H and O–H groups in total. The van der Waals surface area contributed by atoms with Gasteiger partial charge in [0.1, 0.15) is 5.75 Å². The van der Waals surface area contributed by atoms with E-state index in [-0.39, 0.29) is 25.6 Å². The van der Waals surface area contributed by atoms with Gasteiger partial charge in [0.15, 0.2) is 6.61 Å². The first-order chi connectivity index (χ1) is 12.3. The van der Waals surface area contributed by atoms with Crippen molar-refractivity contribution in [2.24, 2.45) is 0 Å². The predicted molar refractivity (Wildman–Crippen MR) is 103 cm³/mol. The van der Waals surface area contributed by atoms with Crippen LogP contribution in [0.3, 0.4) is 0 Å². The van der Waals surface area contributed by atoms with Crippen LogP contribution in [0.2, 0.25) is 0 Å². The number of carbonyl (C=O) groups is 1. The molecule has 26 heavy (non-hydrogen) atoms. The molecule has 2 aromatic carbocycles. The highest BCUT2D eigenvalue weighted by Gasteiger charge is 2.17. The van der Waals surface area contributed by atoms with Gasteiger partial charge in [-0.2, -0.15) is 0 Å². The van der Waals surface area contributed by atoms with Crippen molar-refractivity contribution in [3.8, 4) is 5.75 Å². The van der Waals surface area contributed by atoms with Crippen LogP contribution in [0.4, 0.5) is 5.69 Å². The molecule has 0 radical (unpaired) electrons. The molecular formula is C19H24N2O4S. The topological polar surface area (TPSA) is 75.7 Å². The Morgan fingerprint density at radius 3 is 2.38 bits per heavy atom. The summed E-state index contributed by atoms with van der Waals surface area (Å²) in [6.07, 6.45) is 1.15. The maximum absolute atomic E-state index is 12.0. The summed E-state index contributed by atoms with van der Waals surface area (Å²) in [6, 6.07) is 14.6. The van der Waals surface area contributed by atoms with Crippen LogP contribution in [0.1, 0.15) is 11.1 Å². The molecule has 2 rings (SSSR count). The van der Waals surface area contributed by atoms with E-state index < -0.39 is 10.0 Å². The molecule has 2 aromatic rings. The fourth-order valence-electron chi connectivity index (χ4n) is 2.40. The zero-order chi connectivity index (χ0) is 19.2. The first-order valence-electron chi connectivity index (χ1n) is 8.26. The summed E-state index contributed by atoms with van der Waals surface area (Å²) < 4.78 is 30.8. The Hall–Kier alpha value is -2.54. The molecule has 0 heterocycles. The highest BCUT2D eigenvalue weighted by molar-refractivity contribution is 7.92. The molecule has 0 aliphatic heterocycles. The van der Waals surface area contributed by atoms with Crippen molar-refractivity contribution in [1.82, 2.24) is 5.32 Å². The van der Waals surface area contributed by atoms with E-state index in [1.165, 1.54) is 4.31 Å². The smallest absolute Gasteiger partial charge is 0.258 e. The molecule has 0 unspecified atom stereocenters. The molecule has 0 spiro atoms.